The van der Waals surface area contributed by atoms with E-state index >= 15 is 0 Å². The van der Waals surface area contributed by atoms with Gasteiger partial charge < -0.3 is 10.6 Å². The Hall–Kier alpha value is -2.58. The molecule has 0 saturated carbocycles. The molecule has 2 rings (SSSR count). The molecule has 0 radical (unpaired) electrons. The van der Waals surface area contributed by atoms with Crippen LogP contribution >= 0.6 is 0 Å². The molecule has 0 fully saturated rings. The third-order valence-corrected chi connectivity index (χ3v) is 3.13. The molecule has 0 bridgehead atoms. The van der Waals surface area contributed by atoms with Crippen LogP contribution in [0.1, 0.15) is 12.5 Å². The number of anilines is 2. The first-order valence-electron chi connectivity index (χ1n) is 7.07. The Bertz CT molecular complexity index is 727. The fourth-order valence-corrected chi connectivity index (χ4v) is 1.99. The molecule has 130 valence electrons. The Kier molecular flexibility index (Phi) is 5.10. The predicted molar refractivity (Wildman–Crippen MR) is 81.1 cm³/mol. The molecule has 9 heteroatoms. The quantitative estimate of drug-likeness (QED) is 0.818. The normalized spacial score (nSPS) is 12.8. The maximum atomic E-state index is 13.7. The van der Waals surface area contributed by atoms with Crippen molar-refractivity contribution in [2.24, 2.45) is 0 Å². The summed E-state index contributed by atoms with van der Waals surface area (Å²) in [5.41, 5.74) is 1.01. The minimum atomic E-state index is -4.38. The molecule has 1 heterocycles. The summed E-state index contributed by atoms with van der Waals surface area (Å²) in [6.07, 6.45) is -2.05. The standard InChI is InChI=1S/C15H16F4N4O/c1-9-3-4-13(12(16)5-9)22-14(24)10(2)21-11-6-20-23(7-11)8-15(17,18)19/h3-7,10,21H,8H2,1-2H3,(H,22,24). The SMILES string of the molecule is Cc1ccc(NC(=O)C(C)Nc2cnn(CC(F)(F)F)c2)c(F)c1. The first-order chi connectivity index (χ1) is 11.1. The van der Waals surface area contributed by atoms with Gasteiger partial charge >= 0.3 is 6.18 Å². The van der Waals surface area contributed by atoms with Crippen molar-refractivity contribution >= 4 is 17.3 Å². The summed E-state index contributed by atoms with van der Waals surface area (Å²) in [5, 5.41) is 8.70. The van der Waals surface area contributed by atoms with Crippen LogP contribution in [-0.2, 0) is 11.3 Å². The van der Waals surface area contributed by atoms with Crippen LogP contribution in [0.15, 0.2) is 30.6 Å². The van der Waals surface area contributed by atoms with Crippen molar-refractivity contribution in [1.82, 2.24) is 9.78 Å². The Labute approximate surface area is 135 Å². The van der Waals surface area contributed by atoms with E-state index in [1.165, 1.54) is 25.3 Å². The second-order valence-corrected chi connectivity index (χ2v) is 5.38. The number of alkyl halides is 3. The number of amides is 1. The molecule has 0 spiro atoms. The highest BCUT2D eigenvalue weighted by atomic mass is 19.4. The van der Waals surface area contributed by atoms with Crippen molar-refractivity contribution in [3.05, 3.63) is 42.0 Å². The average Bonchev–Trinajstić information content (AvgIpc) is 2.86. The molecule has 5 nitrogen and oxygen atoms in total. The van der Waals surface area contributed by atoms with Gasteiger partial charge in [-0.3, -0.25) is 9.48 Å². The topological polar surface area (TPSA) is 59.0 Å². The van der Waals surface area contributed by atoms with Gasteiger partial charge in [-0.15, -0.1) is 0 Å². The highest BCUT2D eigenvalue weighted by molar-refractivity contribution is 5.96. The summed E-state index contributed by atoms with van der Waals surface area (Å²) in [4.78, 5) is 12.0. The summed E-state index contributed by atoms with van der Waals surface area (Å²) in [6, 6.07) is 3.58. The molecule has 0 aliphatic heterocycles. The molecule has 0 aliphatic rings. The molecule has 0 aliphatic carbocycles. The molecular weight excluding hydrogens is 328 g/mol. The number of hydrogen-bond acceptors (Lipinski definition) is 3. The zero-order valence-corrected chi connectivity index (χ0v) is 13.0. The molecule has 2 N–H and O–H groups in total. The summed E-state index contributed by atoms with van der Waals surface area (Å²) in [5.74, 6) is -1.09. The Balaban J connectivity index is 1.96. The summed E-state index contributed by atoms with van der Waals surface area (Å²) in [7, 11) is 0. The van der Waals surface area contributed by atoms with E-state index in [-0.39, 0.29) is 11.4 Å². The van der Waals surface area contributed by atoms with E-state index in [1.54, 1.807) is 13.0 Å². The van der Waals surface area contributed by atoms with E-state index in [4.69, 9.17) is 0 Å². The second-order valence-electron chi connectivity index (χ2n) is 5.38. The average molecular weight is 344 g/mol. The van der Waals surface area contributed by atoms with E-state index < -0.39 is 30.5 Å². The molecule has 1 unspecified atom stereocenters. The van der Waals surface area contributed by atoms with Gasteiger partial charge in [0.2, 0.25) is 5.91 Å². The highest BCUT2D eigenvalue weighted by Crippen LogP contribution is 2.19. The number of nitrogens with one attached hydrogen (secondary N) is 2. The van der Waals surface area contributed by atoms with Gasteiger partial charge in [-0.1, -0.05) is 6.07 Å². The van der Waals surface area contributed by atoms with Crippen molar-refractivity contribution in [2.75, 3.05) is 10.6 Å². The van der Waals surface area contributed by atoms with Gasteiger partial charge in [-0.05, 0) is 31.5 Å². The monoisotopic (exact) mass is 344 g/mol. The summed E-state index contributed by atoms with van der Waals surface area (Å²) >= 11 is 0. The molecule has 1 aromatic heterocycles. The van der Waals surface area contributed by atoms with Crippen LogP contribution in [0.4, 0.5) is 28.9 Å². The van der Waals surface area contributed by atoms with Gasteiger partial charge in [0.15, 0.2) is 0 Å². The third kappa shape index (κ3) is 4.97. The number of halogens is 4. The summed E-state index contributed by atoms with van der Waals surface area (Å²) in [6.45, 7) is 2.00. The van der Waals surface area contributed by atoms with Crippen LogP contribution in [-0.4, -0.2) is 27.9 Å². The number of aryl methyl sites for hydroxylation is 1. The Morgan fingerprint density at radius 2 is 2.08 bits per heavy atom. The maximum absolute atomic E-state index is 13.7. The zero-order valence-electron chi connectivity index (χ0n) is 13.0. The second kappa shape index (κ2) is 6.90. The minimum Gasteiger partial charge on any atom is -0.371 e. The van der Waals surface area contributed by atoms with Crippen molar-refractivity contribution < 1.29 is 22.4 Å². The molecular formula is C15H16F4N4O. The molecule has 1 atom stereocenters. The van der Waals surface area contributed by atoms with Gasteiger partial charge in [0.05, 0.1) is 17.6 Å². The molecule has 1 amide bonds. The van der Waals surface area contributed by atoms with Gasteiger partial charge in [0.1, 0.15) is 18.4 Å². The lowest BCUT2D eigenvalue weighted by Gasteiger charge is -2.14. The lowest BCUT2D eigenvalue weighted by molar-refractivity contribution is -0.142. The van der Waals surface area contributed by atoms with Gasteiger partial charge in [0, 0.05) is 6.20 Å². The first kappa shape index (κ1) is 17.8. The first-order valence-corrected chi connectivity index (χ1v) is 7.07. The number of carbonyl (C=O) groups excluding carboxylic acids is 1. The minimum absolute atomic E-state index is 0.0343. The smallest absolute Gasteiger partial charge is 0.371 e. The summed E-state index contributed by atoms with van der Waals surface area (Å²) < 4.78 is 51.2. The number of hydrogen-bond donors (Lipinski definition) is 2. The van der Waals surface area contributed by atoms with Crippen LogP contribution < -0.4 is 10.6 Å². The fourth-order valence-electron chi connectivity index (χ4n) is 1.99. The van der Waals surface area contributed by atoms with Crippen molar-refractivity contribution in [3.63, 3.8) is 0 Å². The van der Waals surface area contributed by atoms with E-state index in [1.807, 2.05) is 0 Å². The highest BCUT2D eigenvalue weighted by Gasteiger charge is 2.28. The number of nitrogens with zero attached hydrogens (tertiary/aromatic N) is 2. The van der Waals surface area contributed by atoms with Crippen LogP contribution in [0.25, 0.3) is 0 Å². The van der Waals surface area contributed by atoms with E-state index in [0.29, 0.717) is 10.2 Å². The van der Waals surface area contributed by atoms with E-state index in [0.717, 1.165) is 6.20 Å². The molecule has 2 aromatic rings. The number of benzene rings is 1. The van der Waals surface area contributed by atoms with Gasteiger partial charge in [0.25, 0.3) is 0 Å². The largest absolute Gasteiger partial charge is 0.408 e. The van der Waals surface area contributed by atoms with Crippen molar-refractivity contribution in [2.45, 2.75) is 32.6 Å². The molecule has 0 saturated heterocycles. The Morgan fingerprint density at radius 3 is 2.71 bits per heavy atom. The van der Waals surface area contributed by atoms with E-state index in [9.17, 15) is 22.4 Å². The molecule has 24 heavy (non-hydrogen) atoms. The number of rotatable bonds is 5. The van der Waals surface area contributed by atoms with E-state index in [2.05, 4.69) is 15.7 Å². The lowest BCUT2D eigenvalue weighted by atomic mass is 10.2. The zero-order chi connectivity index (χ0) is 17.9. The predicted octanol–water partition coefficient (Wildman–Crippen LogP) is 3.33. The Morgan fingerprint density at radius 1 is 1.38 bits per heavy atom. The van der Waals surface area contributed by atoms with Crippen LogP contribution in [0.3, 0.4) is 0 Å². The number of carbonyl (C=O) groups is 1. The van der Waals surface area contributed by atoms with Crippen LogP contribution in [0, 0.1) is 12.7 Å². The van der Waals surface area contributed by atoms with Gasteiger partial charge in [-0.2, -0.15) is 18.3 Å². The lowest BCUT2D eigenvalue weighted by Crippen LogP contribution is -2.32. The van der Waals surface area contributed by atoms with Crippen molar-refractivity contribution in [1.29, 1.82) is 0 Å². The molecule has 1 aromatic carbocycles. The number of aromatic nitrogens is 2. The van der Waals surface area contributed by atoms with Crippen LogP contribution in [0.5, 0.6) is 0 Å². The van der Waals surface area contributed by atoms with Gasteiger partial charge in [-0.25, -0.2) is 4.39 Å². The van der Waals surface area contributed by atoms with Crippen LogP contribution in [0.2, 0.25) is 0 Å². The third-order valence-electron chi connectivity index (χ3n) is 3.13. The van der Waals surface area contributed by atoms with Crippen molar-refractivity contribution in [3.8, 4) is 0 Å². The maximum Gasteiger partial charge on any atom is 0.408 e. The fraction of sp³-hybridized carbons (Fsp3) is 0.333.